The van der Waals surface area contributed by atoms with Crippen molar-refractivity contribution < 1.29 is 14.2 Å². The summed E-state index contributed by atoms with van der Waals surface area (Å²) in [5.74, 6) is 2.45. The minimum absolute atomic E-state index is 0. The maximum Gasteiger partial charge on any atom is 0.191 e. The van der Waals surface area contributed by atoms with E-state index in [1.807, 2.05) is 24.3 Å². The molecule has 1 fully saturated rings. The van der Waals surface area contributed by atoms with Crippen molar-refractivity contribution >= 4 is 29.9 Å². The van der Waals surface area contributed by atoms with Gasteiger partial charge < -0.3 is 24.8 Å². The Labute approximate surface area is 174 Å². The van der Waals surface area contributed by atoms with Crippen LogP contribution in [0.4, 0.5) is 0 Å². The number of rotatable bonds is 10. The molecular formula is C19H32IN3O3. The lowest BCUT2D eigenvalue weighted by Gasteiger charge is -2.14. The Morgan fingerprint density at radius 2 is 1.69 bits per heavy atom. The largest absolute Gasteiger partial charge is 0.497 e. The molecule has 1 aliphatic rings. The predicted molar refractivity (Wildman–Crippen MR) is 116 cm³/mol. The van der Waals surface area contributed by atoms with Crippen molar-refractivity contribution in [2.45, 2.75) is 38.2 Å². The lowest BCUT2D eigenvalue weighted by molar-refractivity contribution is 0.0574. The fraction of sp³-hybridized carbons (Fsp3) is 0.632. The lowest BCUT2D eigenvalue weighted by Crippen LogP contribution is -2.40. The van der Waals surface area contributed by atoms with Gasteiger partial charge in [0.15, 0.2) is 5.96 Å². The fourth-order valence-electron chi connectivity index (χ4n) is 2.81. The summed E-state index contributed by atoms with van der Waals surface area (Å²) < 4.78 is 16.7. The number of nitrogens with zero attached hydrogens (tertiary/aromatic N) is 1. The predicted octanol–water partition coefficient (Wildman–Crippen LogP) is 3.21. The molecule has 0 unspecified atom stereocenters. The van der Waals surface area contributed by atoms with Crippen LogP contribution in [0.15, 0.2) is 29.3 Å². The van der Waals surface area contributed by atoms with Crippen LogP contribution >= 0.6 is 24.0 Å². The Hall–Kier alpha value is -1.22. The van der Waals surface area contributed by atoms with Gasteiger partial charge in [0.25, 0.3) is 0 Å². The van der Waals surface area contributed by atoms with Gasteiger partial charge in [-0.1, -0.05) is 12.8 Å². The first kappa shape index (κ1) is 22.8. The summed E-state index contributed by atoms with van der Waals surface area (Å²) >= 11 is 0. The van der Waals surface area contributed by atoms with Crippen molar-refractivity contribution in [2.75, 3.05) is 40.5 Å². The van der Waals surface area contributed by atoms with E-state index < -0.39 is 0 Å². The minimum Gasteiger partial charge on any atom is -0.497 e. The Bertz CT molecular complexity index is 505. The number of benzene rings is 1. The van der Waals surface area contributed by atoms with E-state index in [2.05, 4.69) is 15.6 Å². The summed E-state index contributed by atoms with van der Waals surface area (Å²) in [6, 6.07) is 7.57. The SMILES string of the molecule is CN=C(NCCCOC1CCCC1)NCCOc1ccc(OC)cc1.I. The summed E-state index contributed by atoms with van der Waals surface area (Å²) in [5.41, 5.74) is 0. The number of methoxy groups -OCH3 is 1. The van der Waals surface area contributed by atoms with Crippen LogP contribution in [0.5, 0.6) is 11.5 Å². The maximum absolute atomic E-state index is 5.85. The van der Waals surface area contributed by atoms with Crippen molar-refractivity contribution in [3.8, 4) is 11.5 Å². The first-order valence-corrected chi connectivity index (χ1v) is 9.15. The maximum atomic E-state index is 5.85. The van der Waals surface area contributed by atoms with Crippen molar-refractivity contribution in [3.05, 3.63) is 24.3 Å². The molecule has 0 aliphatic heterocycles. The summed E-state index contributed by atoms with van der Waals surface area (Å²) in [6.45, 7) is 2.92. The second kappa shape index (κ2) is 13.9. The third kappa shape index (κ3) is 8.93. The van der Waals surface area contributed by atoms with Gasteiger partial charge in [-0.3, -0.25) is 4.99 Å². The highest BCUT2D eigenvalue weighted by molar-refractivity contribution is 14.0. The quantitative estimate of drug-likeness (QED) is 0.235. The van der Waals surface area contributed by atoms with E-state index in [9.17, 15) is 0 Å². The van der Waals surface area contributed by atoms with E-state index in [-0.39, 0.29) is 24.0 Å². The van der Waals surface area contributed by atoms with E-state index >= 15 is 0 Å². The lowest BCUT2D eigenvalue weighted by atomic mass is 10.3. The molecule has 1 aliphatic carbocycles. The van der Waals surface area contributed by atoms with Crippen LogP contribution < -0.4 is 20.1 Å². The number of hydrogen-bond donors (Lipinski definition) is 2. The van der Waals surface area contributed by atoms with E-state index in [1.54, 1.807) is 14.2 Å². The zero-order chi connectivity index (χ0) is 17.7. The molecule has 1 aromatic rings. The van der Waals surface area contributed by atoms with Crippen molar-refractivity contribution in [1.82, 2.24) is 10.6 Å². The second-order valence-electron chi connectivity index (χ2n) is 6.08. The van der Waals surface area contributed by atoms with Gasteiger partial charge in [-0.2, -0.15) is 0 Å². The first-order chi connectivity index (χ1) is 12.3. The average Bonchev–Trinajstić information content (AvgIpc) is 3.17. The van der Waals surface area contributed by atoms with Crippen LogP contribution in [0.3, 0.4) is 0 Å². The smallest absolute Gasteiger partial charge is 0.191 e. The molecule has 0 amide bonds. The molecule has 2 rings (SSSR count). The number of ether oxygens (including phenoxy) is 3. The second-order valence-corrected chi connectivity index (χ2v) is 6.08. The van der Waals surface area contributed by atoms with Gasteiger partial charge in [0.1, 0.15) is 18.1 Å². The van der Waals surface area contributed by atoms with Gasteiger partial charge >= 0.3 is 0 Å². The Kier molecular flexibility index (Phi) is 12.2. The van der Waals surface area contributed by atoms with Gasteiger partial charge in [-0.15, -0.1) is 24.0 Å². The molecule has 26 heavy (non-hydrogen) atoms. The van der Waals surface area contributed by atoms with Crippen LogP contribution in [0, 0.1) is 0 Å². The summed E-state index contributed by atoms with van der Waals surface area (Å²) in [4.78, 5) is 4.21. The highest BCUT2D eigenvalue weighted by Gasteiger charge is 2.14. The fourth-order valence-corrected chi connectivity index (χ4v) is 2.81. The molecular weight excluding hydrogens is 445 g/mol. The molecule has 0 heterocycles. The zero-order valence-electron chi connectivity index (χ0n) is 15.8. The van der Waals surface area contributed by atoms with E-state index in [0.717, 1.165) is 37.0 Å². The number of nitrogens with one attached hydrogen (secondary N) is 2. The zero-order valence-corrected chi connectivity index (χ0v) is 18.2. The monoisotopic (exact) mass is 477 g/mol. The highest BCUT2D eigenvalue weighted by atomic mass is 127. The van der Waals surface area contributed by atoms with Crippen LogP contribution in [0.1, 0.15) is 32.1 Å². The molecule has 0 bridgehead atoms. The van der Waals surface area contributed by atoms with Crippen molar-refractivity contribution in [1.29, 1.82) is 0 Å². The Morgan fingerprint density at radius 1 is 1.04 bits per heavy atom. The van der Waals surface area contributed by atoms with Gasteiger partial charge in [0, 0.05) is 20.2 Å². The normalized spacial score (nSPS) is 14.6. The van der Waals surface area contributed by atoms with Crippen LogP contribution in [-0.4, -0.2) is 52.5 Å². The third-order valence-electron chi connectivity index (χ3n) is 4.22. The molecule has 1 saturated carbocycles. The average molecular weight is 477 g/mol. The summed E-state index contributed by atoms with van der Waals surface area (Å²) in [6.07, 6.45) is 6.57. The van der Waals surface area contributed by atoms with Crippen LogP contribution in [0.25, 0.3) is 0 Å². The molecule has 0 radical (unpaired) electrons. The summed E-state index contributed by atoms with van der Waals surface area (Å²) in [7, 11) is 3.42. The summed E-state index contributed by atoms with van der Waals surface area (Å²) in [5, 5.41) is 6.54. The van der Waals surface area contributed by atoms with Gasteiger partial charge in [0.05, 0.1) is 19.8 Å². The molecule has 0 aromatic heterocycles. The first-order valence-electron chi connectivity index (χ1n) is 9.15. The van der Waals surface area contributed by atoms with Gasteiger partial charge in [-0.05, 0) is 43.5 Å². The third-order valence-corrected chi connectivity index (χ3v) is 4.22. The van der Waals surface area contributed by atoms with Crippen molar-refractivity contribution in [3.63, 3.8) is 0 Å². The van der Waals surface area contributed by atoms with Crippen molar-refractivity contribution in [2.24, 2.45) is 4.99 Å². The molecule has 0 atom stereocenters. The Balaban J connectivity index is 0.00000338. The highest BCUT2D eigenvalue weighted by Crippen LogP contribution is 2.20. The van der Waals surface area contributed by atoms with Crippen LogP contribution in [0.2, 0.25) is 0 Å². The Morgan fingerprint density at radius 3 is 2.35 bits per heavy atom. The molecule has 148 valence electrons. The molecule has 7 heteroatoms. The molecule has 6 nitrogen and oxygen atoms in total. The molecule has 0 spiro atoms. The standard InChI is InChI=1S/C19H31N3O3.HI/c1-20-19(21-12-5-14-24-17-6-3-4-7-17)22-13-15-25-18-10-8-16(23-2)9-11-18;/h8-11,17H,3-7,12-15H2,1-2H3,(H2,20,21,22);1H. The van der Waals surface area contributed by atoms with Gasteiger partial charge in [-0.25, -0.2) is 0 Å². The van der Waals surface area contributed by atoms with E-state index in [4.69, 9.17) is 14.2 Å². The van der Waals surface area contributed by atoms with E-state index in [0.29, 0.717) is 19.3 Å². The van der Waals surface area contributed by atoms with Crippen LogP contribution in [-0.2, 0) is 4.74 Å². The van der Waals surface area contributed by atoms with Gasteiger partial charge in [0.2, 0.25) is 0 Å². The molecule has 0 saturated heterocycles. The number of hydrogen-bond acceptors (Lipinski definition) is 4. The minimum atomic E-state index is 0. The molecule has 2 N–H and O–H groups in total. The molecule has 1 aromatic carbocycles. The van der Waals surface area contributed by atoms with E-state index in [1.165, 1.54) is 25.7 Å². The number of aliphatic imine (C=N–C) groups is 1. The number of guanidine groups is 1. The topological polar surface area (TPSA) is 64.1 Å². The number of halogens is 1.